The Labute approximate surface area is 156 Å². The number of nitrogens with zero attached hydrogens (tertiary/aromatic N) is 2. The number of hydrogen-bond donors (Lipinski definition) is 1. The number of rotatable bonds is 9. The van der Waals surface area contributed by atoms with Crippen LogP contribution in [0.1, 0.15) is 10.4 Å². The summed E-state index contributed by atoms with van der Waals surface area (Å²) in [6, 6.07) is 10.9. The molecule has 0 unspecified atom stereocenters. The van der Waals surface area contributed by atoms with Crippen LogP contribution in [0.15, 0.2) is 46.1 Å². The summed E-state index contributed by atoms with van der Waals surface area (Å²) in [6.45, 7) is -2.03. The van der Waals surface area contributed by atoms with Gasteiger partial charge in [-0.15, -0.1) is 21.5 Å². The van der Waals surface area contributed by atoms with Crippen LogP contribution < -0.4 is 10.1 Å². The number of halogens is 2. The maximum atomic E-state index is 12.4. The Morgan fingerprint density at radius 3 is 2.84 bits per heavy atom. The molecule has 0 saturated carbocycles. The molecule has 0 spiro atoms. The third kappa shape index (κ3) is 5.65. The van der Waals surface area contributed by atoms with Gasteiger partial charge in [-0.3, -0.25) is 0 Å². The summed E-state index contributed by atoms with van der Waals surface area (Å²) in [6.07, 6.45) is 0.943. The van der Waals surface area contributed by atoms with Gasteiger partial charge < -0.3 is 10.1 Å². The minimum atomic E-state index is -2.83. The highest BCUT2D eigenvalue weighted by Crippen LogP contribution is 2.31. The number of hydrogen-bond acceptors (Lipinski definition) is 7. The lowest BCUT2D eigenvalue weighted by Crippen LogP contribution is -2.03. The zero-order chi connectivity index (χ0) is 17.5. The number of alkyl halides is 2. The van der Waals surface area contributed by atoms with Crippen molar-refractivity contribution in [3.63, 3.8) is 0 Å². The van der Waals surface area contributed by atoms with Crippen LogP contribution in [0.4, 0.5) is 13.9 Å². The third-order valence-electron chi connectivity index (χ3n) is 3.17. The maximum absolute atomic E-state index is 12.4. The van der Waals surface area contributed by atoms with Gasteiger partial charge in [-0.05, 0) is 23.9 Å². The molecule has 0 bridgehead atoms. The van der Waals surface area contributed by atoms with Gasteiger partial charge in [-0.1, -0.05) is 47.4 Å². The van der Waals surface area contributed by atoms with Gasteiger partial charge in [0.15, 0.2) is 4.34 Å². The van der Waals surface area contributed by atoms with Crippen LogP contribution in [0.5, 0.6) is 5.75 Å². The minimum Gasteiger partial charge on any atom is -0.435 e. The van der Waals surface area contributed by atoms with Crippen molar-refractivity contribution in [1.29, 1.82) is 0 Å². The largest absolute Gasteiger partial charge is 0.435 e. The maximum Gasteiger partial charge on any atom is 0.387 e. The number of thiophene rings is 1. The summed E-state index contributed by atoms with van der Waals surface area (Å²) in [7, 11) is 0. The molecular formula is C16H15F2N3OS3. The highest BCUT2D eigenvalue weighted by molar-refractivity contribution is 8.00. The Bertz CT molecular complexity index is 781. The van der Waals surface area contributed by atoms with Crippen molar-refractivity contribution in [2.24, 2.45) is 0 Å². The highest BCUT2D eigenvalue weighted by atomic mass is 32.2. The summed E-state index contributed by atoms with van der Waals surface area (Å²) < 4.78 is 30.2. The van der Waals surface area contributed by atoms with Gasteiger partial charge >= 0.3 is 6.61 Å². The molecule has 2 heterocycles. The molecule has 0 fully saturated rings. The Morgan fingerprint density at radius 2 is 2.04 bits per heavy atom. The van der Waals surface area contributed by atoms with E-state index in [9.17, 15) is 8.78 Å². The van der Waals surface area contributed by atoms with E-state index >= 15 is 0 Å². The Hall–Kier alpha value is -1.71. The van der Waals surface area contributed by atoms with Crippen molar-refractivity contribution >= 4 is 39.6 Å². The number of thioether (sulfide) groups is 1. The molecule has 3 rings (SSSR count). The van der Waals surface area contributed by atoms with Crippen molar-refractivity contribution in [3.05, 3.63) is 52.2 Å². The van der Waals surface area contributed by atoms with Crippen molar-refractivity contribution in [2.45, 2.75) is 23.1 Å². The second-order valence-corrected chi connectivity index (χ2v) is 8.14. The third-order valence-corrected chi connectivity index (χ3v) is 6.17. The second-order valence-electron chi connectivity index (χ2n) is 4.90. The van der Waals surface area contributed by atoms with Crippen LogP contribution >= 0.6 is 34.4 Å². The van der Waals surface area contributed by atoms with Crippen LogP contribution in [0, 0.1) is 0 Å². The summed E-state index contributed by atoms with van der Waals surface area (Å²) in [5.41, 5.74) is 0.704. The number of aromatic nitrogens is 2. The lowest BCUT2D eigenvalue weighted by Gasteiger charge is -2.09. The van der Waals surface area contributed by atoms with E-state index in [0.717, 1.165) is 22.4 Å². The standard InChI is InChI=1S/C16H15F2N3OS3/c17-14(18)22-13-6-2-1-4-11(13)10-24-16-21-20-15(25-16)19-8-7-12-5-3-9-23-12/h1-6,9,14H,7-8,10H2,(H,19,20). The van der Waals surface area contributed by atoms with Gasteiger partial charge in [-0.2, -0.15) is 8.78 Å². The molecule has 0 saturated heterocycles. The number of benzene rings is 1. The monoisotopic (exact) mass is 399 g/mol. The predicted molar refractivity (Wildman–Crippen MR) is 99.1 cm³/mol. The van der Waals surface area contributed by atoms with E-state index in [0.29, 0.717) is 11.3 Å². The summed E-state index contributed by atoms with van der Waals surface area (Å²) in [5.74, 6) is 0.691. The van der Waals surface area contributed by atoms with E-state index in [-0.39, 0.29) is 5.75 Å². The molecule has 9 heteroatoms. The summed E-state index contributed by atoms with van der Waals surface area (Å²) >= 11 is 4.63. The molecule has 2 aromatic heterocycles. The van der Waals surface area contributed by atoms with Gasteiger partial charge in [0.1, 0.15) is 5.75 Å². The normalized spacial score (nSPS) is 11.0. The van der Waals surface area contributed by atoms with E-state index in [1.807, 2.05) is 6.07 Å². The average molecular weight is 400 g/mol. The molecule has 0 aliphatic rings. The number of para-hydroxylation sites is 1. The smallest absolute Gasteiger partial charge is 0.387 e. The number of anilines is 1. The van der Waals surface area contributed by atoms with Crippen molar-refractivity contribution < 1.29 is 13.5 Å². The lowest BCUT2D eigenvalue weighted by molar-refractivity contribution is -0.0503. The van der Waals surface area contributed by atoms with Crippen LogP contribution in [0.25, 0.3) is 0 Å². The van der Waals surface area contributed by atoms with Crippen molar-refractivity contribution in [1.82, 2.24) is 10.2 Å². The Morgan fingerprint density at radius 1 is 1.16 bits per heavy atom. The van der Waals surface area contributed by atoms with Crippen LogP contribution in [-0.2, 0) is 12.2 Å². The molecule has 0 radical (unpaired) electrons. The fourth-order valence-corrected chi connectivity index (χ4v) is 4.54. The Balaban J connectivity index is 1.50. The lowest BCUT2D eigenvalue weighted by atomic mass is 10.2. The molecule has 1 N–H and O–H groups in total. The predicted octanol–water partition coefficient (Wildman–Crippen LogP) is 5.15. The molecule has 1 aromatic carbocycles. The molecule has 25 heavy (non-hydrogen) atoms. The molecule has 0 amide bonds. The SMILES string of the molecule is FC(F)Oc1ccccc1CSc1nnc(NCCc2cccs2)s1. The first-order valence-electron chi connectivity index (χ1n) is 7.46. The van der Waals surface area contributed by atoms with Crippen molar-refractivity contribution in [2.75, 3.05) is 11.9 Å². The van der Waals surface area contributed by atoms with E-state index in [1.54, 1.807) is 35.6 Å². The Kier molecular flexibility index (Phi) is 6.60. The van der Waals surface area contributed by atoms with E-state index < -0.39 is 6.61 Å². The van der Waals surface area contributed by atoms with Gasteiger partial charge in [0.25, 0.3) is 0 Å². The van der Waals surface area contributed by atoms with Crippen LogP contribution in [0.2, 0.25) is 0 Å². The van der Waals surface area contributed by atoms with Gasteiger partial charge in [0.05, 0.1) is 0 Å². The molecule has 4 nitrogen and oxygen atoms in total. The van der Waals surface area contributed by atoms with Gasteiger partial charge in [0.2, 0.25) is 5.13 Å². The summed E-state index contributed by atoms with van der Waals surface area (Å²) in [4.78, 5) is 1.32. The fourth-order valence-electron chi connectivity index (χ4n) is 2.06. The molecular weight excluding hydrogens is 384 g/mol. The average Bonchev–Trinajstić information content (AvgIpc) is 3.26. The van der Waals surface area contributed by atoms with Crippen LogP contribution in [0.3, 0.4) is 0 Å². The first kappa shape index (κ1) is 18.1. The van der Waals surface area contributed by atoms with Crippen molar-refractivity contribution in [3.8, 4) is 5.75 Å². The molecule has 3 aromatic rings. The molecule has 0 atom stereocenters. The fraction of sp³-hybridized carbons (Fsp3) is 0.250. The summed E-state index contributed by atoms with van der Waals surface area (Å²) in [5, 5.41) is 14.3. The molecule has 132 valence electrons. The highest BCUT2D eigenvalue weighted by Gasteiger charge is 2.11. The number of nitrogens with one attached hydrogen (secondary N) is 1. The quantitative estimate of drug-likeness (QED) is 0.504. The topological polar surface area (TPSA) is 47.0 Å². The molecule has 0 aliphatic carbocycles. The zero-order valence-electron chi connectivity index (χ0n) is 13.0. The molecule has 0 aliphatic heterocycles. The van der Waals surface area contributed by atoms with Crippen LogP contribution in [-0.4, -0.2) is 23.4 Å². The first-order chi connectivity index (χ1) is 12.2. The first-order valence-corrected chi connectivity index (χ1v) is 10.1. The van der Waals surface area contributed by atoms with Gasteiger partial charge in [0, 0.05) is 22.7 Å². The zero-order valence-corrected chi connectivity index (χ0v) is 15.5. The van der Waals surface area contributed by atoms with E-state index in [4.69, 9.17) is 0 Å². The second kappa shape index (κ2) is 9.12. The minimum absolute atomic E-state index is 0.198. The number of ether oxygens (including phenoxy) is 1. The van der Waals surface area contributed by atoms with Gasteiger partial charge in [-0.25, -0.2) is 0 Å². The van der Waals surface area contributed by atoms with E-state index in [2.05, 4.69) is 31.7 Å². The van der Waals surface area contributed by atoms with E-state index in [1.165, 1.54) is 28.0 Å².